The third kappa shape index (κ3) is 3.69. The van der Waals surface area contributed by atoms with E-state index in [1.165, 1.54) is 10.5 Å². The minimum atomic E-state index is -3.39. The number of piperazine rings is 1. The van der Waals surface area contributed by atoms with Gasteiger partial charge in [0.2, 0.25) is 10.0 Å². The number of nitrogens with one attached hydrogen (secondary N) is 1. The number of quaternary nitrogens is 1. The van der Waals surface area contributed by atoms with Crippen LogP contribution in [0.15, 0.2) is 53.4 Å². The molecule has 0 saturated carbocycles. The molecule has 1 aliphatic heterocycles. The molecule has 4 nitrogen and oxygen atoms in total. The largest absolute Gasteiger partial charge is 0.329 e. The second-order valence-electron chi connectivity index (χ2n) is 6.59. The summed E-state index contributed by atoms with van der Waals surface area (Å²) in [5.41, 5.74) is 3.22. The second-order valence-corrected chi connectivity index (χ2v) is 8.49. The molecule has 1 aliphatic rings. The Labute approximate surface area is 144 Å². The Kier molecular flexibility index (Phi) is 5.04. The van der Waals surface area contributed by atoms with Gasteiger partial charge in [-0.15, -0.1) is 0 Å². The summed E-state index contributed by atoms with van der Waals surface area (Å²) >= 11 is 0. The van der Waals surface area contributed by atoms with Crippen LogP contribution in [0.4, 0.5) is 0 Å². The van der Waals surface area contributed by atoms with Crippen molar-refractivity contribution in [3.63, 3.8) is 0 Å². The van der Waals surface area contributed by atoms with Gasteiger partial charge in [0, 0.05) is 5.56 Å². The highest BCUT2D eigenvalue weighted by atomic mass is 32.2. The first-order valence-corrected chi connectivity index (χ1v) is 9.86. The minimum absolute atomic E-state index is 0.444. The summed E-state index contributed by atoms with van der Waals surface area (Å²) in [5, 5.41) is 0. The van der Waals surface area contributed by atoms with Crippen molar-refractivity contribution in [2.45, 2.75) is 25.3 Å². The number of hydrogen-bond acceptors (Lipinski definition) is 2. The lowest BCUT2D eigenvalue weighted by molar-refractivity contribution is -0.917. The first-order valence-electron chi connectivity index (χ1n) is 8.42. The van der Waals surface area contributed by atoms with Gasteiger partial charge in [-0.1, -0.05) is 48.0 Å². The lowest BCUT2D eigenvalue weighted by atomic mass is 10.2. The van der Waals surface area contributed by atoms with Crippen LogP contribution in [0.1, 0.15) is 16.7 Å². The zero-order valence-corrected chi connectivity index (χ0v) is 15.1. The lowest BCUT2D eigenvalue weighted by Gasteiger charge is -2.32. The summed E-state index contributed by atoms with van der Waals surface area (Å²) in [6.45, 7) is 7.66. The fourth-order valence-electron chi connectivity index (χ4n) is 3.33. The van der Waals surface area contributed by atoms with Crippen LogP contribution in [0, 0.1) is 13.8 Å². The van der Waals surface area contributed by atoms with E-state index in [4.69, 9.17) is 0 Å². The van der Waals surface area contributed by atoms with Crippen molar-refractivity contribution in [2.75, 3.05) is 26.2 Å². The zero-order chi connectivity index (χ0) is 17.2. The molecule has 0 bridgehead atoms. The zero-order valence-electron chi connectivity index (χ0n) is 14.3. The first kappa shape index (κ1) is 17.1. The van der Waals surface area contributed by atoms with Crippen LogP contribution < -0.4 is 4.90 Å². The molecule has 0 aromatic heterocycles. The molecule has 1 heterocycles. The van der Waals surface area contributed by atoms with Gasteiger partial charge in [-0.25, -0.2) is 8.42 Å². The van der Waals surface area contributed by atoms with Crippen LogP contribution in [0.25, 0.3) is 0 Å². The van der Waals surface area contributed by atoms with E-state index in [1.54, 1.807) is 10.4 Å². The fourth-order valence-corrected chi connectivity index (χ4v) is 4.98. The van der Waals surface area contributed by atoms with Gasteiger partial charge < -0.3 is 4.90 Å². The highest BCUT2D eigenvalue weighted by Crippen LogP contribution is 2.20. The molecule has 1 N–H and O–H groups in total. The Balaban J connectivity index is 1.67. The highest BCUT2D eigenvalue weighted by molar-refractivity contribution is 7.89. The van der Waals surface area contributed by atoms with Crippen LogP contribution in [-0.2, 0) is 16.6 Å². The number of aryl methyl sites for hydroxylation is 2. The molecule has 0 atom stereocenters. The quantitative estimate of drug-likeness (QED) is 0.910. The van der Waals surface area contributed by atoms with Crippen LogP contribution in [0.5, 0.6) is 0 Å². The monoisotopic (exact) mass is 345 g/mol. The van der Waals surface area contributed by atoms with Crippen LogP contribution in [0.3, 0.4) is 0 Å². The van der Waals surface area contributed by atoms with E-state index in [0.29, 0.717) is 18.0 Å². The van der Waals surface area contributed by atoms with Crippen LogP contribution in [0.2, 0.25) is 0 Å². The lowest BCUT2D eigenvalue weighted by Crippen LogP contribution is -3.13. The third-order valence-corrected chi connectivity index (χ3v) is 6.73. The Morgan fingerprint density at radius 2 is 1.67 bits per heavy atom. The number of nitrogens with zero attached hydrogens (tertiary/aromatic N) is 1. The number of rotatable bonds is 4. The molecule has 5 heteroatoms. The van der Waals surface area contributed by atoms with Crippen molar-refractivity contribution in [1.29, 1.82) is 0 Å². The first-order chi connectivity index (χ1) is 11.5. The van der Waals surface area contributed by atoms with Gasteiger partial charge in [0.15, 0.2) is 0 Å². The van der Waals surface area contributed by atoms with Gasteiger partial charge in [0.1, 0.15) is 6.54 Å². The summed E-state index contributed by atoms with van der Waals surface area (Å²) in [5.74, 6) is 0. The van der Waals surface area contributed by atoms with Gasteiger partial charge >= 0.3 is 0 Å². The Hall–Kier alpha value is -1.69. The molecule has 24 heavy (non-hydrogen) atoms. The minimum Gasteiger partial charge on any atom is -0.329 e. The Bertz CT molecular complexity index is 795. The van der Waals surface area contributed by atoms with Crippen molar-refractivity contribution >= 4 is 10.0 Å². The van der Waals surface area contributed by atoms with E-state index >= 15 is 0 Å². The molecule has 2 aromatic carbocycles. The summed E-state index contributed by atoms with van der Waals surface area (Å²) in [6, 6.07) is 15.9. The average molecular weight is 345 g/mol. The predicted molar refractivity (Wildman–Crippen MR) is 95.5 cm³/mol. The van der Waals surface area contributed by atoms with E-state index < -0.39 is 10.0 Å². The molecule has 3 rings (SSSR count). The molecule has 128 valence electrons. The molecule has 1 fully saturated rings. The number of hydrogen-bond donors (Lipinski definition) is 1. The van der Waals surface area contributed by atoms with Crippen molar-refractivity contribution in [3.05, 3.63) is 65.2 Å². The molecule has 1 saturated heterocycles. The standard InChI is InChI=1S/C19H24N2O2S/c1-16-8-9-19(17(2)14-16)24(22,23)21-12-10-20(11-13-21)15-18-6-4-3-5-7-18/h3-9,14H,10-13,15H2,1-2H3/p+1. The molecule has 0 radical (unpaired) electrons. The molecule has 0 spiro atoms. The predicted octanol–water partition coefficient (Wildman–Crippen LogP) is 1.39. The summed E-state index contributed by atoms with van der Waals surface area (Å²) in [4.78, 5) is 1.88. The Morgan fingerprint density at radius 1 is 1.00 bits per heavy atom. The maximum atomic E-state index is 12.9. The number of benzene rings is 2. The van der Waals surface area contributed by atoms with Crippen molar-refractivity contribution < 1.29 is 13.3 Å². The topological polar surface area (TPSA) is 41.8 Å². The highest BCUT2D eigenvalue weighted by Gasteiger charge is 2.31. The van der Waals surface area contributed by atoms with E-state index in [9.17, 15) is 8.42 Å². The van der Waals surface area contributed by atoms with Gasteiger partial charge in [-0.05, 0) is 25.5 Å². The van der Waals surface area contributed by atoms with Gasteiger partial charge in [-0.3, -0.25) is 0 Å². The van der Waals surface area contributed by atoms with Gasteiger partial charge in [0.05, 0.1) is 31.1 Å². The molecule has 0 amide bonds. The SMILES string of the molecule is Cc1ccc(S(=O)(=O)N2CC[NH+](Cc3ccccc3)CC2)c(C)c1. The van der Waals surface area contributed by atoms with Gasteiger partial charge in [-0.2, -0.15) is 4.31 Å². The van der Waals surface area contributed by atoms with Crippen LogP contribution >= 0.6 is 0 Å². The molecule has 0 aliphatic carbocycles. The smallest absolute Gasteiger partial charge is 0.243 e. The maximum Gasteiger partial charge on any atom is 0.243 e. The maximum absolute atomic E-state index is 12.9. The second kappa shape index (κ2) is 7.05. The fraction of sp³-hybridized carbons (Fsp3) is 0.368. The van der Waals surface area contributed by atoms with Crippen molar-refractivity contribution in [1.82, 2.24) is 4.31 Å². The van der Waals surface area contributed by atoms with E-state index in [2.05, 4.69) is 24.3 Å². The number of sulfonamides is 1. The summed E-state index contributed by atoms with van der Waals surface area (Å²) in [7, 11) is -3.39. The van der Waals surface area contributed by atoms with E-state index in [0.717, 1.165) is 30.8 Å². The molecule has 0 unspecified atom stereocenters. The van der Waals surface area contributed by atoms with E-state index in [1.807, 2.05) is 32.0 Å². The normalized spacial score (nSPS) is 17.1. The van der Waals surface area contributed by atoms with E-state index in [-0.39, 0.29) is 0 Å². The van der Waals surface area contributed by atoms with Crippen molar-refractivity contribution in [2.24, 2.45) is 0 Å². The van der Waals surface area contributed by atoms with Gasteiger partial charge in [0.25, 0.3) is 0 Å². The molecular weight excluding hydrogens is 320 g/mol. The average Bonchev–Trinajstić information content (AvgIpc) is 2.56. The van der Waals surface area contributed by atoms with Crippen LogP contribution in [-0.4, -0.2) is 38.9 Å². The molecule has 2 aromatic rings. The third-order valence-electron chi connectivity index (χ3n) is 4.67. The summed E-state index contributed by atoms with van der Waals surface area (Å²) < 4.78 is 27.4. The summed E-state index contributed by atoms with van der Waals surface area (Å²) in [6.07, 6.45) is 0. The van der Waals surface area contributed by atoms with Crippen molar-refractivity contribution in [3.8, 4) is 0 Å². The Morgan fingerprint density at radius 3 is 2.29 bits per heavy atom. The molecular formula is C19H25N2O2S+.